The van der Waals surface area contributed by atoms with Crippen LogP contribution in [0.25, 0.3) is 22.6 Å². The molecule has 40 heavy (non-hydrogen) atoms. The number of nitrogen functional groups attached to an aromatic ring is 1. The lowest BCUT2D eigenvalue weighted by atomic mass is 9.97. The Morgan fingerprint density at radius 1 is 0.950 bits per heavy atom. The fourth-order valence-corrected chi connectivity index (χ4v) is 4.38. The predicted molar refractivity (Wildman–Crippen MR) is 141 cm³/mol. The maximum atomic E-state index is 13.7. The molecule has 0 fully saturated rings. The molecular weight excluding hydrogens is 547 g/mol. The number of methoxy groups -OCH3 is 1. The summed E-state index contributed by atoms with van der Waals surface area (Å²) in [5.74, 6) is -1.30. The van der Waals surface area contributed by atoms with E-state index in [1.807, 2.05) is 12.1 Å². The Morgan fingerprint density at radius 3 is 2.10 bits per heavy atom. The number of oxazole rings is 1. The first kappa shape index (κ1) is 30.0. The molecule has 0 radical (unpaired) electrons. The molecule has 0 aliphatic heterocycles. The second-order valence-corrected chi connectivity index (χ2v) is 8.74. The highest BCUT2D eigenvalue weighted by molar-refractivity contribution is 7.98. The monoisotopic (exact) mass is 569 g/mol. The molecule has 0 saturated heterocycles. The number of hydrogen-bond acceptors (Lipinski definition) is 10. The summed E-state index contributed by atoms with van der Waals surface area (Å²) in [7, 11) is 1.50. The normalized spacial score (nSPS) is 10.7. The van der Waals surface area contributed by atoms with E-state index in [-0.39, 0.29) is 58.1 Å². The number of pyridine rings is 1. The van der Waals surface area contributed by atoms with Crippen LogP contribution in [-0.2, 0) is 11.9 Å². The van der Waals surface area contributed by atoms with Crippen LogP contribution in [0.15, 0.2) is 64.0 Å². The Hall–Kier alpha value is -4.56. The number of halogens is 3. The molecule has 4 aromatic rings. The lowest BCUT2D eigenvalue weighted by molar-refractivity contribution is -0.153. The van der Waals surface area contributed by atoms with Gasteiger partial charge in [-0.15, -0.1) is 0 Å². The zero-order valence-corrected chi connectivity index (χ0v) is 21.8. The van der Waals surface area contributed by atoms with Crippen LogP contribution < -0.4 is 10.5 Å². The van der Waals surface area contributed by atoms with Crippen molar-refractivity contribution in [3.63, 3.8) is 0 Å². The molecule has 0 amide bonds. The van der Waals surface area contributed by atoms with Crippen LogP contribution in [0.3, 0.4) is 0 Å². The Labute approximate surface area is 231 Å². The van der Waals surface area contributed by atoms with E-state index in [0.29, 0.717) is 16.9 Å². The van der Waals surface area contributed by atoms with Crippen molar-refractivity contribution in [3.05, 3.63) is 77.2 Å². The van der Waals surface area contributed by atoms with Crippen LogP contribution in [-0.4, -0.2) is 40.5 Å². The molecule has 0 unspecified atom stereocenters. The Bertz CT molecular complexity index is 1530. The van der Waals surface area contributed by atoms with Crippen molar-refractivity contribution < 1.29 is 32.5 Å². The Balaban J connectivity index is 0.00000103. The first-order valence-corrected chi connectivity index (χ1v) is 12.4. The highest BCUT2D eigenvalue weighted by Crippen LogP contribution is 2.40. The van der Waals surface area contributed by atoms with Crippen molar-refractivity contribution in [1.82, 2.24) is 9.97 Å². The number of aliphatic hydroxyl groups is 2. The van der Waals surface area contributed by atoms with Crippen molar-refractivity contribution in [2.45, 2.75) is 17.0 Å². The molecule has 2 aromatic carbocycles. The quantitative estimate of drug-likeness (QED) is 0.258. The van der Waals surface area contributed by atoms with Crippen molar-refractivity contribution in [2.24, 2.45) is 0 Å². The largest absolute Gasteiger partial charge is 0.497 e. The smallest absolute Gasteiger partial charge is 0.451 e. The number of alkyl halides is 3. The average molecular weight is 570 g/mol. The molecule has 4 rings (SSSR count). The van der Waals surface area contributed by atoms with Gasteiger partial charge in [-0.2, -0.15) is 23.7 Å². The van der Waals surface area contributed by atoms with E-state index in [1.54, 1.807) is 54.6 Å². The van der Waals surface area contributed by atoms with E-state index < -0.39 is 11.9 Å². The molecule has 206 valence electrons. The molecule has 9 nitrogen and oxygen atoms in total. The van der Waals surface area contributed by atoms with Gasteiger partial charge in [-0.3, -0.25) is 0 Å². The number of aromatic nitrogens is 2. The van der Waals surface area contributed by atoms with Gasteiger partial charge in [-0.1, -0.05) is 42.1 Å². The summed E-state index contributed by atoms with van der Waals surface area (Å²) in [4.78, 5) is 8.20. The topological polar surface area (TPSA) is 162 Å². The van der Waals surface area contributed by atoms with Crippen molar-refractivity contribution in [2.75, 3.05) is 26.1 Å². The zero-order valence-electron chi connectivity index (χ0n) is 20.9. The van der Waals surface area contributed by atoms with Crippen LogP contribution >= 0.6 is 11.8 Å². The van der Waals surface area contributed by atoms with Crippen LogP contribution in [0.2, 0.25) is 0 Å². The second kappa shape index (κ2) is 13.5. The Morgan fingerprint density at radius 2 is 1.57 bits per heavy atom. The fraction of sp³-hybridized carbons (Fsp3) is 0.185. The predicted octanol–water partition coefficient (Wildman–Crippen LogP) is 5.02. The van der Waals surface area contributed by atoms with Crippen LogP contribution in [0.5, 0.6) is 5.75 Å². The maximum Gasteiger partial charge on any atom is 0.451 e. The number of aliphatic hydroxyl groups excluding tert-OH is 2. The molecular formula is C27H22F3N5O4S. The summed E-state index contributed by atoms with van der Waals surface area (Å²) in [6, 6.07) is 18.8. The lowest BCUT2D eigenvalue weighted by Crippen LogP contribution is -2.07. The maximum absolute atomic E-state index is 13.7. The number of nitrogens with zero attached hydrogens (tertiary/aromatic N) is 4. The number of nitrogens with two attached hydrogens (primary N) is 1. The van der Waals surface area contributed by atoms with Gasteiger partial charge in [0.25, 0.3) is 0 Å². The van der Waals surface area contributed by atoms with Crippen molar-refractivity contribution >= 4 is 17.6 Å². The van der Waals surface area contributed by atoms with Crippen molar-refractivity contribution in [3.8, 4) is 40.5 Å². The SMILES string of the molecule is COc1ccc(-c2c(C#N)c(N)nc(SCc3nc(-c4ccccc4)oc3C(F)(F)F)c2C#N)cc1.OCCO. The standard InChI is InChI=1S/C25H16F3N5O2S.C2H6O2/c1-34-16-9-7-14(8-10-16)20-17(11-29)22(31)33-24(18(20)12-30)36-13-19-21(25(26,27)28)35-23(32-19)15-5-3-2-4-6-15;3-1-2-4/h2-10H,13H2,1H3,(H2,31,33);3-4H,1-2H2. The molecule has 0 saturated carbocycles. The highest BCUT2D eigenvalue weighted by Gasteiger charge is 2.39. The van der Waals surface area contributed by atoms with Crippen LogP contribution in [0, 0.1) is 22.7 Å². The summed E-state index contributed by atoms with van der Waals surface area (Å²) in [5.41, 5.74) is 6.78. The number of ether oxygens (including phenoxy) is 1. The molecule has 2 heterocycles. The van der Waals surface area contributed by atoms with Gasteiger partial charge in [0.1, 0.15) is 40.0 Å². The summed E-state index contributed by atoms with van der Waals surface area (Å²) in [5, 5.41) is 34.9. The average Bonchev–Trinajstić information content (AvgIpc) is 3.41. The first-order valence-electron chi connectivity index (χ1n) is 11.4. The van der Waals surface area contributed by atoms with Gasteiger partial charge in [0, 0.05) is 16.9 Å². The highest BCUT2D eigenvalue weighted by atomic mass is 32.2. The zero-order chi connectivity index (χ0) is 29.3. The molecule has 0 bridgehead atoms. The number of benzene rings is 2. The minimum absolute atomic E-state index is 0.00940. The molecule has 0 atom stereocenters. The third kappa shape index (κ3) is 6.90. The number of hydrogen-bond donors (Lipinski definition) is 3. The van der Waals surface area contributed by atoms with Gasteiger partial charge in [-0.25, -0.2) is 9.97 Å². The van der Waals surface area contributed by atoms with E-state index in [9.17, 15) is 23.7 Å². The van der Waals surface area contributed by atoms with Crippen LogP contribution in [0.1, 0.15) is 22.6 Å². The third-order valence-electron chi connectivity index (χ3n) is 5.22. The summed E-state index contributed by atoms with van der Waals surface area (Å²) in [6.07, 6.45) is -4.78. The van der Waals surface area contributed by atoms with E-state index in [1.165, 1.54) is 7.11 Å². The number of thioether (sulfide) groups is 1. The number of rotatable bonds is 7. The van der Waals surface area contributed by atoms with Crippen LogP contribution in [0.4, 0.5) is 19.0 Å². The van der Waals surface area contributed by atoms with Gasteiger partial charge in [0.15, 0.2) is 0 Å². The molecule has 13 heteroatoms. The van der Waals surface area contributed by atoms with E-state index in [2.05, 4.69) is 9.97 Å². The number of anilines is 1. The molecule has 2 aromatic heterocycles. The van der Waals surface area contributed by atoms with Gasteiger partial charge < -0.3 is 25.1 Å². The molecule has 0 aliphatic carbocycles. The molecule has 0 spiro atoms. The summed E-state index contributed by atoms with van der Waals surface area (Å²) in [6.45, 7) is -0.250. The minimum atomic E-state index is -4.78. The van der Waals surface area contributed by atoms with E-state index in [4.69, 9.17) is 25.1 Å². The Kier molecular flexibility index (Phi) is 10.1. The number of nitriles is 2. The van der Waals surface area contributed by atoms with E-state index >= 15 is 0 Å². The fourth-order valence-electron chi connectivity index (χ4n) is 3.46. The third-order valence-corrected chi connectivity index (χ3v) is 6.20. The lowest BCUT2D eigenvalue weighted by Gasteiger charge is -2.13. The van der Waals surface area contributed by atoms with Crippen molar-refractivity contribution in [1.29, 1.82) is 10.5 Å². The summed E-state index contributed by atoms with van der Waals surface area (Å²) < 4.78 is 51.3. The minimum Gasteiger partial charge on any atom is -0.497 e. The second-order valence-electron chi connectivity index (χ2n) is 7.77. The summed E-state index contributed by atoms with van der Waals surface area (Å²) >= 11 is 0.843. The van der Waals surface area contributed by atoms with Gasteiger partial charge >= 0.3 is 6.18 Å². The van der Waals surface area contributed by atoms with E-state index in [0.717, 1.165) is 11.8 Å². The van der Waals surface area contributed by atoms with Gasteiger partial charge in [0.05, 0.1) is 25.9 Å². The van der Waals surface area contributed by atoms with Gasteiger partial charge in [-0.05, 0) is 29.8 Å². The molecule has 0 aliphatic rings. The molecule has 4 N–H and O–H groups in total. The van der Waals surface area contributed by atoms with Gasteiger partial charge in [0.2, 0.25) is 11.7 Å². The first-order chi connectivity index (χ1) is 19.2.